The van der Waals surface area contributed by atoms with E-state index in [0.717, 1.165) is 0 Å². The van der Waals surface area contributed by atoms with Gasteiger partial charge in [-0.05, 0) is 29.8 Å². The van der Waals surface area contributed by atoms with E-state index in [2.05, 4.69) is 0 Å². The number of ether oxygens (including phenoxy) is 3. The summed E-state index contributed by atoms with van der Waals surface area (Å²) in [6.07, 6.45) is 1.22. The fourth-order valence-corrected chi connectivity index (χ4v) is 3.33. The van der Waals surface area contributed by atoms with Crippen LogP contribution in [-0.4, -0.2) is 14.2 Å². The Labute approximate surface area is 188 Å². The predicted molar refractivity (Wildman–Crippen MR) is 112 cm³/mol. The zero-order chi connectivity index (χ0) is 24.6. The summed E-state index contributed by atoms with van der Waals surface area (Å²) in [6, 6.07) is 8.83. The van der Waals surface area contributed by atoms with Crippen molar-refractivity contribution in [1.29, 1.82) is 0 Å². The molecule has 0 spiro atoms. The molecule has 0 saturated carbocycles. The van der Waals surface area contributed by atoms with Crippen molar-refractivity contribution in [1.82, 2.24) is 0 Å². The van der Waals surface area contributed by atoms with Crippen LogP contribution in [0.4, 0.5) is 22.0 Å². The molecule has 0 fully saturated rings. The summed E-state index contributed by atoms with van der Waals surface area (Å²) < 4.78 is 88.8. The van der Waals surface area contributed by atoms with Gasteiger partial charge in [0.25, 0.3) is 0 Å². The molecule has 0 atom stereocenters. The Balaban J connectivity index is 1.65. The molecular weight excluding hydrogens is 463 g/mol. The Morgan fingerprint density at radius 3 is 2.09 bits per heavy atom. The fourth-order valence-electron chi connectivity index (χ4n) is 3.33. The lowest BCUT2D eigenvalue weighted by atomic mass is 10.0. The van der Waals surface area contributed by atoms with Crippen LogP contribution in [0.2, 0.25) is 0 Å². The van der Waals surface area contributed by atoms with E-state index in [-0.39, 0.29) is 27.7 Å². The second kappa shape index (κ2) is 9.05. The van der Waals surface area contributed by atoms with Crippen LogP contribution < -0.4 is 19.6 Å². The molecule has 0 amide bonds. The van der Waals surface area contributed by atoms with Gasteiger partial charge in [-0.1, -0.05) is 6.07 Å². The van der Waals surface area contributed by atoms with Gasteiger partial charge in [0.1, 0.15) is 24.2 Å². The molecule has 5 nitrogen and oxygen atoms in total. The van der Waals surface area contributed by atoms with Crippen LogP contribution >= 0.6 is 0 Å². The average molecular weight is 478 g/mol. The third kappa shape index (κ3) is 3.91. The topological polar surface area (TPSA) is 57.9 Å². The van der Waals surface area contributed by atoms with Crippen molar-refractivity contribution >= 4 is 11.0 Å². The second-order valence-electron chi connectivity index (χ2n) is 7.04. The van der Waals surface area contributed by atoms with E-state index in [1.807, 2.05) is 0 Å². The number of rotatable bonds is 6. The second-order valence-corrected chi connectivity index (χ2v) is 7.04. The summed E-state index contributed by atoms with van der Waals surface area (Å²) >= 11 is 0. The first-order valence-corrected chi connectivity index (χ1v) is 9.67. The van der Waals surface area contributed by atoms with Crippen LogP contribution in [0.1, 0.15) is 5.56 Å². The highest BCUT2D eigenvalue weighted by atomic mass is 19.2. The molecular formula is C24H15F5O5. The minimum Gasteiger partial charge on any atom is -0.493 e. The van der Waals surface area contributed by atoms with Gasteiger partial charge < -0.3 is 18.6 Å². The summed E-state index contributed by atoms with van der Waals surface area (Å²) in [5, 5.41) is 0.177. The van der Waals surface area contributed by atoms with Crippen LogP contribution in [0.15, 0.2) is 51.9 Å². The highest BCUT2D eigenvalue weighted by Crippen LogP contribution is 2.32. The fraction of sp³-hybridized carbons (Fsp3) is 0.125. The van der Waals surface area contributed by atoms with E-state index in [4.69, 9.17) is 18.6 Å². The van der Waals surface area contributed by atoms with E-state index in [9.17, 15) is 26.7 Å². The van der Waals surface area contributed by atoms with E-state index >= 15 is 0 Å². The molecule has 10 heteroatoms. The largest absolute Gasteiger partial charge is 0.493 e. The Bertz CT molecular complexity index is 1440. The van der Waals surface area contributed by atoms with Crippen LogP contribution in [0, 0.1) is 29.1 Å². The maximum atomic E-state index is 13.8. The van der Waals surface area contributed by atoms with E-state index in [1.54, 1.807) is 18.2 Å². The first-order chi connectivity index (χ1) is 16.3. The summed E-state index contributed by atoms with van der Waals surface area (Å²) in [5.74, 6) is -9.47. The standard InChI is InChI=1S/C24H15F5O5/c1-31-16-6-3-11(7-18(16)32-2)14-9-34-17-8-12(4-5-13(17)24(14)30)33-10-15-19(25)21(27)23(29)22(28)20(15)26/h3-9H,10H2,1-2H3. The van der Waals surface area contributed by atoms with Crippen molar-refractivity contribution in [3.05, 3.63) is 87.5 Å². The van der Waals surface area contributed by atoms with Crippen molar-refractivity contribution in [3.8, 4) is 28.4 Å². The van der Waals surface area contributed by atoms with Gasteiger partial charge in [0.2, 0.25) is 5.82 Å². The van der Waals surface area contributed by atoms with Crippen molar-refractivity contribution < 1.29 is 40.6 Å². The van der Waals surface area contributed by atoms with Crippen LogP contribution in [0.25, 0.3) is 22.1 Å². The van der Waals surface area contributed by atoms with Gasteiger partial charge in [0.15, 0.2) is 40.2 Å². The van der Waals surface area contributed by atoms with Crippen LogP contribution in [0.5, 0.6) is 17.2 Å². The van der Waals surface area contributed by atoms with Gasteiger partial charge >= 0.3 is 0 Å². The molecule has 0 saturated heterocycles. The number of hydrogen-bond donors (Lipinski definition) is 0. The molecule has 0 aliphatic rings. The van der Waals surface area contributed by atoms with E-state index in [0.29, 0.717) is 17.1 Å². The summed E-state index contributed by atoms with van der Waals surface area (Å²) in [5.41, 5.74) is -0.658. The maximum Gasteiger partial charge on any atom is 0.200 e. The van der Waals surface area contributed by atoms with E-state index < -0.39 is 41.3 Å². The number of hydrogen-bond acceptors (Lipinski definition) is 5. The van der Waals surface area contributed by atoms with Gasteiger partial charge in [-0.3, -0.25) is 4.79 Å². The monoisotopic (exact) mass is 478 g/mol. The number of methoxy groups -OCH3 is 2. The zero-order valence-electron chi connectivity index (χ0n) is 17.7. The molecule has 0 aliphatic heterocycles. The van der Waals surface area contributed by atoms with Crippen LogP contribution in [-0.2, 0) is 6.61 Å². The molecule has 176 valence electrons. The number of benzene rings is 3. The SMILES string of the molecule is COc1ccc(-c2coc3cc(OCc4c(F)c(F)c(F)c(F)c4F)ccc3c2=O)cc1OC. The van der Waals surface area contributed by atoms with Gasteiger partial charge in [-0.2, -0.15) is 0 Å². The van der Waals surface area contributed by atoms with Crippen molar-refractivity contribution in [2.75, 3.05) is 14.2 Å². The van der Waals surface area contributed by atoms with Gasteiger partial charge in [0, 0.05) is 6.07 Å². The molecule has 34 heavy (non-hydrogen) atoms. The first kappa shape index (κ1) is 23.1. The molecule has 0 aliphatic carbocycles. The molecule has 0 bridgehead atoms. The Kier molecular flexibility index (Phi) is 6.14. The third-order valence-corrected chi connectivity index (χ3v) is 5.12. The molecule has 0 radical (unpaired) electrons. The molecule has 1 aromatic heterocycles. The minimum atomic E-state index is -2.25. The average Bonchev–Trinajstić information content (AvgIpc) is 2.86. The Morgan fingerprint density at radius 1 is 0.794 bits per heavy atom. The summed E-state index contributed by atoms with van der Waals surface area (Å²) in [6.45, 7) is -0.939. The van der Waals surface area contributed by atoms with Gasteiger partial charge in [-0.25, -0.2) is 22.0 Å². The summed E-state index contributed by atoms with van der Waals surface area (Å²) in [7, 11) is 2.94. The first-order valence-electron chi connectivity index (χ1n) is 9.67. The maximum absolute atomic E-state index is 13.8. The predicted octanol–water partition coefficient (Wildman–Crippen LogP) is 5.75. The number of halogens is 5. The molecule has 0 N–H and O–H groups in total. The van der Waals surface area contributed by atoms with Crippen molar-refractivity contribution in [2.45, 2.75) is 6.61 Å². The zero-order valence-corrected chi connectivity index (χ0v) is 17.7. The third-order valence-electron chi connectivity index (χ3n) is 5.12. The minimum absolute atomic E-state index is 0.0153. The molecule has 0 unspecified atom stereocenters. The summed E-state index contributed by atoms with van der Waals surface area (Å²) in [4.78, 5) is 13.0. The highest BCUT2D eigenvalue weighted by molar-refractivity contribution is 5.83. The quantitative estimate of drug-likeness (QED) is 0.201. The number of fused-ring (bicyclic) bond motifs is 1. The van der Waals surface area contributed by atoms with E-state index in [1.165, 1.54) is 38.7 Å². The van der Waals surface area contributed by atoms with Crippen molar-refractivity contribution in [3.63, 3.8) is 0 Å². The molecule has 4 rings (SSSR count). The molecule has 3 aromatic carbocycles. The lowest BCUT2D eigenvalue weighted by Crippen LogP contribution is -2.10. The highest BCUT2D eigenvalue weighted by Gasteiger charge is 2.26. The normalized spacial score (nSPS) is 11.0. The molecule has 1 heterocycles. The lowest BCUT2D eigenvalue weighted by Gasteiger charge is -2.11. The van der Waals surface area contributed by atoms with Crippen LogP contribution in [0.3, 0.4) is 0 Å². The smallest absolute Gasteiger partial charge is 0.200 e. The van der Waals surface area contributed by atoms with Gasteiger partial charge in [-0.15, -0.1) is 0 Å². The van der Waals surface area contributed by atoms with Gasteiger partial charge in [0.05, 0.1) is 30.7 Å². The Morgan fingerprint density at radius 2 is 1.44 bits per heavy atom. The lowest BCUT2D eigenvalue weighted by molar-refractivity contribution is 0.279. The Hall–Kier alpha value is -4.08. The molecule has 4 aromatic rings. The van der Waals surface area contributed by atoms with Crippen molar-refractivity contribution in [2.24, 2.45) is 0 Å².